The Balaban J connectivity index is 1.41. The van der Waals surface area contributed by atoms with Gasteiger partial charge in [-0.05, 0) is 56.0 Å². The van der Waals surface area contributed by atoms with Crippen molar-refractivity contribution < 1.29 is 14.3 Å². The van der Waals surface area contributed by atoms with Crippen molar-refractivity contribution in [3.05, 3.63) is 96.2 Å². The molecule has 192 valence electrons. The number of carbonyl (C=O) groups excluding carboxylic acids is 2. The maximum absolute atomic E-state index is 12.7. The highest BCUT2D eigenvalue weighted by Gasteiger charge is 2.25. The van der Waals surface area contributed by atoms with Crippen molar-refractivity contribution in [3.8, 4) is 11.1 Å². The summed E-state index contributed by atoms with van der Waals surface area (Å²) in [6, 6.07) is 17.3. The van der Waals surface area contributed by atoms with Crippen LogP contribution in [0.3, 0.4) is 0 Å². The number of carbonyl (C=O) groups is 2. The van der Waals surface area contributed by atoms with E-state index in [1.807, 2.05) is 69.4 Å². The molecule has 7 nitrogen and oxygen atoms in total. The van der Waals surface area contributed by atoms with E-state index < -0.39 is 5.60 Å². The van der Waals surface area contributed by atoms with Crippen LogP contribution in [0.5, 0.6) is 0 Å². The van der Waals surface area contributed by atoms with Gasteiger partial charge in [-0.1, -0.05) is 48.5 Å². The number of amides is 1. The van der Waals surface area contributed by atoms with Gasteiger partial charge in [-0.25, -0.2) is 14.8 Å². The lowest BCUT2D eigenvalue weighted by atomic mass is 9.93. The summed E-state index contributed by atoms with van der Waals surface area (Å²) in [6.07, 6.45) is 7.93. The fraction of sp³-hybridized carbons (Fsp3) is 0.258. The maximum Gasteiger partial charge on any atom is 0.410 e. The summed E-state index contributed by atoms with van der Waals surface area (Å²) in [5.74, 6) is 0.0255. The number of hydrogen-bond donors (Lipinski definition) is 0. The van der Waals surface area contributed by atoms with Gasteiger partial charge in [-0.15, -0.1) is 0 Å². The minimum atomic E-state index is -0.543. The smallest absolute Gasteiger partial charge is 0.410 e. The second-order valence-electron chi connectivity index (χ2n) is 10.4. The Morgan fingerprint density at radius 1 is 0.974 bits per heavy atom. The molecule has 1 aliphatic rings. The Labute approximate surface area is 222 Å². The quantitative estimate of drug-likeness (QED) is 0.302. The lowest BCUT2D eigenvalue weighted by Crippen LogP contribution is -2.39. The van der Waals surface area contributed by atoms with Gasteiger partial charge < -0.3 is 9.64 Å². The molecule has 0 spiro atoms. The molecule has 2 aromatic carbocycles. The topological polar surface area (TPSA) is 85.3 Å². The molecule has 0 fully saturated rings. The van der Waals surface area contributed by atoms with Crippen molar-refractivity contribution in [1.29, 1.82) is 0 Å². The Kier molecular flexibility index (Phi) is 7.01. The van der Waals surface area contributed by atoms with Gasteiger partial charge in [0.2, 0.25) is 0 Å². The van der Waals surface area contributed by atoms with E-state index in [9.17, 15) is 9.59 Å². The molecule has 0 unspecified atom stereocenters. The van der Waals surface area contributed by atoms with E-state index in [4.69, 9.17) is 4.74 Å². The SMILES string of the molecule is CC(C)(C)OC(=O)N1CCC=C(c2ccc(-c3ccc(C(=O)Cc4ccccn4)cc3)c3cncnc23)C1. The number of Topliss-reactive ketones (excluding diaryl/α,β-unsaturated/α-hetero) is 1. The molecule has 7 heteroatoms. The number of rotatable bonds is 5. The highest BCUT2D eigenvalue weighted by atomic mass is 16.6. The van der Waals surface area contributed by atoms with E-state index in [-0.39, 0.29) is 18.3 Å². The Morgan fingerprint density at radius 3 is 2.50 bits per heavy atom. The molecule has 0 atom stereocenters. The number of ether oxygens (including phenoxy) is 1. The van der Waals surface area contributed by atoms with Gasteiger partial charge >= 0.3 is 6.09 Å². The summed E-state index contributed by atoms with van der Waals surface area (Å²) < 4.78 is 5.59. The highest BCUT2D eigenvalue weighted by molar-refractivity contribution is 6.02. The van der Waals surface area contributed by atoms with E-state index in [1.165, 1.54) is 0 Å². The zero-order valence-corrected chi connectivity index (χ0v) is 21.8. The maximum atomic E-state index is 12.7. The molecular weight excluding hydrogens is 476 g/mol. The molecule has 4 aromatic rings. The van der Waals surface area contributed by atoms with Crippen molar-refractivity contribution in [2.45, 2.75) is 39.2 Å². The van der Waals surface area contributed by atoms with Crippen molar-refractivity contribution in [3.63, 3.8) is 0 Å². The second-order valence-corrected chi connectivity index (χ2v) is 10.4. The third-order valence-electron chi connectivity index (χ3n) is 6.41. The van der Waals surface area contributed by atoms with Crippen molar-refractivity contribution in [2.75, 3.05) is 13.1 Å². The number of pyridine rings is 1. The summed E-state index contributed by atoms with van der Waals surface area (Å²) in [6.45, 7) is 6.70. The van der Waals surface area contributed by atoms with Gasteiger partial charge in [0, 0.05) is 47.7 Å². The van der Waals surface area contributed by atoms with Gasteiger partial charge in [-0.3, -0.25) is 9.78 Å². The number of benzene rings is 2. The predicted molar refractivity (Wildman–Crippen MR) is 148 cm³/mol. The fourth-order valence-corrected chi connectivity index (χ4v) is 4.61. The molecule has 0 aliphatic carbocycles. The molecule has 0 bridgehead atoms. The van der Waals surface area contributed by atoms with Gasteiger partial charge in [0.1, 0.15) is 11.9 Å². The summed E-state index contributed by atoms with van der Waals surface area (Å²) in [5.41, 5.74) is 5.64. The normalized spacial score (nSPS) is 13.8. The van der Waals surface area contributed by atoms with Crippen LogP contribution in [0.25, 0.3) is 27.6 Å². The van der Waals surface area contributed by atoms with Crippen molar-refractivity contribution >= 4 is 28.4 Å². The highest BCUT2D eigenvalue weighted by Crippen LogP contribution is 2.34. The molecule has 5 rings (SSSR count). The third kappa shape index (κ3) is 5.62. The van der Waals surface area contributed by atoms with Gasteiger partial charge in [0.05, 0.1) is 11.9 Å². The first kappa shape index (κ1) is 25.3. The van der Waals surface area contributed by atoms with E-state index in [2.05, 4.69) is 33.2 Å². The predicted octanol–water partition coefficient (Wildman–Crippen LogP) is 6.14. The third-order valence-corrected chi connectivity index (χ3v) is 6.41. The minimum absolute atomic E-state index is 0.0255. The van der Waals surface area contributed by atoms with Crippen LogP contribution in [0.15, 0.2) is 79.4 Å². The van der Waals surface area contributed by atoms with Crippen LogP contribution in [0.4, 0.5) is 4.79 Å². The zero-order chi connectivity index (χ0) is 26.7. The van der Waals surface area contributed by atoms with Crippen molar-refractivity contribution in [2.24, 2.45) is 0 Å². The Bertz CT molecular complexity index is 1510. The van der Waals surface area contributed by atoms with E-state index in [1.54, 1.807) is 17.4 Å². The molecule has 0 N–H and O–H groups in total. The number of nitrogens with zero attached hydrogens (tertiary/aromatic N) is 4. The molecule has 0 saturated heterocycles. The number of aromatic nitrogens is 3. The van der Waals surface area contributed by atoms with Gasteiger partial charge in [-0.2, -0.15) is 0 Å². The monoisotopic (exact) mass is 506 g/mol. The fourth-order valence-electron chi connectivity index (χ4n) is 4.61. The lowest BCUT2D eigenvalue weighted by molar-refractivity contribution is 0.0273. The second kappa shape index (κ2) is 10.5. The van der Waals surface area contributed by atoms with E-state index in [0.717, 1.165) is 45.3 Å². The van der Waals surface area contributed by atoms with Crippen LogP contribution in [-0.4, -0.2) is 50.4 Å². The number of ketones is 1. The first-order valence-corrected chi connectivity index (χ1v) is 12.7. The van der Waals surface area contributed by atoms with Crippen LogP contribution in [0.2, 0.25) is 0 Å². The van der Waals surface area contributed by atoms with Crippen LogP contribution < -0.4 is 0 Å². The van der Waals surface area contributed by atoms with Gasteiger partial charge in [0.15, 0.2) is 5.78 Å². The largest absolute Gasteiger partial charge is 0.444 e. The summed E-state index contributed by atoms with van der Waals surface area (Å²) in [7, 11) is 0. The van der Waals surface area contributed by atoms with Crippen LogP contribution in [0, 0.1) is 0 Å². The molecule has 38 heavy (non-hydrogen) atoms. The molecule has 2 aromatic heterocycles. The van der Waals surface area contributed by atoms with Crippen LogP contribution >= 0.6 is 0 Å². The first-order chi connectivity index (χ1) is 18.3. The minimum Gasteiger partial charge on any atom is -0.444 e. The molecule has 0 saturated carbocycles. The first-order valence-electron chi connectivity index (χ1n) is 12.7. The van der Waals surface area contributed by atoms with E-state index in [0.29, 0.717) is 18.7 Å². The lowest BCUT2D eigenvalue weighted by Gasteiger charge is -2.30. The van der Waals surface area contributed by atoms with Crippen LogP contribution in [0.1, 0.15) is 48.8 Å². The zero-order valence-electron chi connectivity index (χ0n) is 21.8. The summed E-state index contributed by atoms with van der Waals surface area (Å²) in [5, 5.41) is 0.910. The average molecular weight is 507 g/mol. The summed E-state index contributed by atoms with van der Waals surface area (Å²) >= 11 is 0. The molecular formula is C31H30N4O3. The standard InChI is InChI=1S/C31H30N4O3/c1-31(2,3)38-30(37)35-16-6-7-23(19-35)26-14-13-25(27-18-32-20-34-29(26)27)21-9-11-22(12-10-21)28(36)17-24-8-4-5-15-33-24/h4-5,7-15,18,20H,6,16-17,19H2,1-3H3. The number of hydrogen-bond acceptors (Lipinski definition) is 6. The summed E-state index contributed by atoms with van der Waals surface area (Å²) in [4.78, 5) is 40.3. The Hall–Kier alpha value is -4.39. The van der Waals surface area contributed by atoms with E-state index >= 15 is 0 Å². The number of fused-ring (bicyclic) bond motifs is 1. The van der Waals surface area contributed by atoms with Gasteiger partial charge in [0.25, 0.3) is 0 Å². The van der Waals surface area contributed by atoms with Crippen molar-refractivity contribution in [1.82, 2.24) is 19.9 Å². The molecule has 0 radical (unpaired) electrons. The van der Waals surface area contributed by atoms with Crippen LogP contribution in [-0.2, 0) is 11.2 Å². The Morgan fingerprint density at radius 2 is 1.76 bits per heavy atom. The molecule has 1 amide bonds. The average Bonchev–Trinajstić information content (AvgIpc) is 2.92. The molecule has 1 aliphatic heterocycles. The molecule has 3 heterocycles.